The molecule has 2 aromatic rings. The average molecular weight is 332 g/mol. The summed E-state index contributed by atoms with van der Waals surface area (Å²) in [5, 5.41) is 12.0. The molecule has 1 unspecified atom stereocenters. The van der Waals surface area contributed by atoms with E-state index < -0.39 is 6.10 Å². The predicted octanol–water partition coefficient (Wildman–Crippen LogP) is 4.19. The Morgan fingerprint density at radius 1 is 0.833 bits per heavy atom. The minimum absolute atomic E-state index is 0.214. The molecule has 0 aliphatic carbocycles. The first-order chi connectivity index (χ1) is 11.8. The summed E-state index contributed by atoms with van der Waals surface area (Å²) in [6.07, 6.45) is 2.44. The van der Waals surface area contributed by atoms with Gasteiger partial charge in [0.15, 0.2) is 0 Å². The molecular weight excluding hydrogens is 304 g/mol. The zero-order valence-electron chi connectivity index (χ0n) is 14.7. The molecule has 132 valence electrons. The summed E-state index contributed by atoms with van der Waals surface area (Å²) >= 11 is 0. The molecule has 0 aliphatic heterocycles. The van der Waals surface area contributed by atoms with Gasteiger partial charge in [0.1, 0.15) is 24.2 Å². The van der Waals surface area contributed by atoms with E-state index in [9.17, 15) is 5.11 Å². The Bertz CT molecular complexity index is 612. The third kappa shape index (κ3) is 5.39. The minimum Gasteiger partial charge on any atom is -0.493 e. The van der Waals surface area contributed by atoms with Crippen LogP contribution in [-0.2, 0) is 4.74 Å². The summed E-state index contributed by atoms with van der Waals surface area (Å²) in [6, 6.07) is 11.8. The van der Waals surface area contributed by atoms with Crippen molar-refractivity contribution >= 4 is 10.8 Å². The molecular formula is C20H28O4. The lowest BCUT2D eigenvalue weighted by molar-refractivity contribution is 0.0116. The number of fused-ring (bicyclic) bond motifs is 1. The highest BCUT2D eigenvalue weighted by Gasteiger charge is 2.10. The Morgan fingerprint density at radius 2 is 1.50 bits per heavy atom. The Kier molecular flexibility index (Phi) is 7.86. The van der Waals surface area contributed by atoms with Gasteiger partial charge >= 0.3 is 0 Å². The maximum Gasteiger partial charge on any atom is 0.127 e. The summed E-state index contributed by atoms with van der Waals surface area (Å²) in [7, 11) is 0. The zero-order chi connectivity index (χ0) is 17.2. The normalized spacial score (nSPS) is 12.3. The Balaban J connectivity index is 1.99. The topological polar surface area (TPSA) is 47.9 Å². The van der Waals surface area contributed by atoms with Gasteiger partial charge in [0.2, 0.25) is 0 Å². The molecule has 0 spiro atoms. The van der Waals surface area contributed by atoms with Crippen LogP contribution < -0.4 is 9.47 Å². The zero-order valence-corrected chi connectivity index (χ0v) is 14.7. The van der Waals surface area contributed by atoms with Gasteiger partial charge in [-0.15, -0.1) is 0 Å². The van der Waals surface area contributed by atoms with Crippen LogP contribution in [0.3, 0.4) is 0 Å². The van der Waals surface area contributed by atoms with Crippen LogP contribution in [0.4, 0.5) is 0 Å². The SMILES string of the molecule is CCCCOCC(O)COc1ccc(OCCC)c2ccccc12. The number of aliphatic hydroxyl groups excluding tert-OH is 1. The lowest BCUT2D eigenvalue weighted by Crippen LogP contribution is -2.23. The van der Waals surface area contributed by atoms with Gasteiger partial charge in [-0.05, 0) is 25.0 Å². The van der Waals surface area contributed by atoms with Crippen LogP contribution >= 0.6 is 0 Å². The molecule has 0 aliphatic rings. The Hall–Kier alpha value is -1.78. The van der Waals surface area contributed by atoms with Crippen molar-refractivity contribution in [2.24, 2.45) is 0 Å². The molecule has 24 heavy (non-hydrogen) atoms. The highest BCUT2D eigenvalue weighted by Crippen LogP contribution is 2.33. The molecule has 0 bridgehead atoms. The number of aliphatic hydroxyl groups is 1. The lowest BCUT2D eigenvalue weighted by Gasteiger charge is -2.16. The first kappa shape index (κ1) is 18.6. The van der Waals surface area contributed by atoms with Crippen LogP contribution in [0.2, 0.25) is 0 Å². The van der Waals surface area contributed by atoms with E-state index in [2.05, 4.69) is 13.8 Å². The number of hydrogen-bond acceptors (Lipinski definition) is 4. The first-order valence-corrected chi connectivity index (χ1v) is 8.79. The first-order valence-electron chi connectivity index (χ1n) is 8.79. The molecule has 0 aromatic heterocycles. The van der Waals surface area contributed by atoms with Crippen LogP contribution in [0.25, 0.3) is 10.8 Å². The summed E-state index contributed by atoms with van der Waals surface area (Å²) in [4.78, 5) is 0. The molecule has 0 saturated carbocycles. The lowest BCUT2D eigenvalue weighted by atomic mass is 10.1. The van der Waals surface area contributed by atoms with E-state index in [-0.39, 0.29) is 6.61 Å². The fourth-order valence-electron chi connectivity index (χ4n) is 2.41. The Labute approximate surface area is 144 Å². The van der Waals surface area contributed by atoms with Crippen molar-refractivity contribution in [3.05, 3.63) is 36.4 Å². The van der Waals surface area contributed by atoms with Gasteiger partial charge in [0.05, 0.1) is 13.2 Å². The maximum atomic E-state index is 9.98. The third-order valence-electron chi connectivity index (χ3n) is 3.69. The average Bonchev–Trinajstić information content (AvgIpc) is 2.62. The van der Waals surface area contributed by atoms with Crippen LogP contribution in [0.5, 0.6) is 11.5 Å². The molecule has 0 amide bonds. The van der Waals surface area contributed by atoms with E-state index in [1.807, 2.05) is 36.4 Å². The molecule has 2 rings (SSSR count). The quantitative estimate of drug-likeness (QED) is 0.627. The van der Waals surface area contributed by atoms with Crippen molar-refractivity contribution in [2.45, 2.75) is 39.2 Å². The van der Waals surface area contributed by atoms with E-state index in [1.54, 1.807) is 0 Å². The molecule has 1 N–H and O–H groups in total. The largest absolute Gasteiger partial charge is 0.493 e. The summed E-state index contributed by atoms with van der Waals surface area (Å²) < 4.78 is 17.0. The molecule has 0 radical (unpaired) electrons. The molecule has 4 heteroatoms. The number of hydrogen-bond donors (Lipinski definition) is 1. The van der Waals surface area contributed by atoms with Crippen molar-refractivity contribution in [3.8, 4) is 11.5 Å². The van der Waals surface area contributed by atoms with Gasteiger partial charge < -0.3 is 19.3 Å². The molecule has 2 aromatic carbocycles. The minimum atomic E-state index is -0.628. The van der Waals surface area contributed by atoms with E-state index in [0.29, 0.717) is 19.8 Å². The van der Waals surface area contributed by atoms with E-state index >= 15 is 0 Å². The van der Waals surface area contributed by atoms with E-state index in [1.165, 1.54) is 0 Å². The van der Waals surface area contributed by atoms with Crippen LogP contribution in [0.1, 0.15) is 33.1 Å². The van der Waals surface area contributed by atoms with Crippen molar-refractivity contribution < 1.29 is 19.3 Å². The smallest absolute Gasteiger partial charge is 0.127 e. The number of rotatable bonds is 11. The molecule has 1 atom stereocenters. The third-order valence-corrected chi connectivity index (χ3v) is 3.69. The van der Waals surface area contributed by atoms with Gasteiger partial charge in [-0.25, -0.2) is 0 Å². The van der Waals surface area contributed by atoms with Gasteiger partial charge in [-0.1, -0.05) is 44.5 Å². The summed E-state index contributed by atoms with van der Waals surface area (Å²) in [5.41, 5.74) is 0. The predicted molar refractivity (Wildman–Crippen MR) is 97.0 cm³/mol. The summed E-state index contributed by atoms with van der Waals surface area (Å²) in [6.45, 7) is 6.09. The highest BCUT2D eigenvalue weighted by molar-refractivity contribution is 5.93. The second kappa shape index (κ2) is 10.2. The van der Waals surface area contributed by atoms with Crippen LogP contribution in [-0.4, -0.2) is 37.6 Å². The standard InChI is InChI=1S/C20H28O4/c1-3-5-13-22-14-16(21)15-24-20-11-10-19(23-12-4-2)17-8-6-7-9-18(17)20/h6-11,16,21H,3-5,12-15H2,1-2H3. The number of unbranched alkanes of at least 4 members (excludes halogenated alkanes) is 1. The van der Waals surface area contributed by atoms with Gasteiger partial charge in [-0.2, -0.15) is 0 Å². The van der Waals surface area contributed by atoms with Crippen molar-refractivity contribution in [1.29, 1.82) is 0 Å². The second-order valence-corrected chi connectivity index (χ2v) is 5.85. The second-order valence-electron chi connectivity index (χ2n) is 5.85. The van der Waals surface area contributed by atoms with Gasteiger partial charge in [0.25, 0.3) is 0 Å². The van der Waals surface area contributed by atoms with Gasteiger partial charge in [0, 0.05) is 17.4 Å². The molecule has 0 fully saturated rings. The number of ether oxygens (including phenoxy) is 3. The van der Waals surface area contributed by atoms with Crippen LogP contribution in [0, 0.1) is 0 Å². The maximum absolute atomic E-state index is 9.98. The monoisotopic (exact) mass is 332 g/mol. The van der Waals surface area contributed by atoms with Gasteiger partial charge in [-0.3, -0.25) is 0 Å². The Morgan fingerprint density at radius 3 is 2.12 bits per heavy atom. The molecule has 0 heterocycles. The highest BCUT2D eigenvalue weighted by atomic mass is 16.5. The molecule has 0 saturated heterocycles. The molecule has 4 nitrogen and oxygen atoms in total. The van der Waals surface area contributed by atoms with Crippen molar-refractivity contribution in [2.75, 3.05) is 26.4 Å². The fraction of sp³-hybridized carbons (Fsp3) is 0.500. The van der Waals surface area contributed by atoms with Crippen molar-refractivity contribution in [1.82, 2.24) is 0 Å². The van der Waals surface area contributed by atoms with Crippen molar-refractivity contribution in [3.63, 3.8) is 0 Å². The van der Waals surface area contributed by atoms with E-state index in [0.717, 1.165) is 41.5 Å². The number of benzene rings is 2. The fourth-order valence-corrected chi connectivity index (χ4v) is 2.41. The van der Waals surface area contributed by atoms with Crippen LogP contribution in [0.15, 0.2) is 36.4 Å². The van der Waals surface area contributed by atoms with E-state index in [4.69, 9.17) is 14.2 Å². The summed E-state index contributed by atoms with van der Waals surface area (Å²) in [5.74, 6) is 1.62.